The van der Waals surface area contributed by atoms with E-state index in [1.165, 1.54) is 24.3 Å². The van der Waals surface area contributed by atoms with Crippen LogP contribution in [0.3, 0.4) is 0 Å². The maximum atomic E-state index is 11.8. The minimum atomic E-state index is -0.775. The van der Waals surface area contributed by atoms with Crippen LogP contribution in [0.4, 0.5) is 11.4 Å². The van der Waals surface area contributed by atoms with Gasteiger partial charge in [0.1, 0.15) is 5.75 Å². The number of phenolic OH excluding ortho intramolecular Hbond substituents is 1. The van der Waals surface area contributed by atoms with E-state index in [1.807, 2.05) is 13.0 Å². The molecule has 21 heavy (non-hydrogen) atoms. The highest BCUT2D eigenvalue weighted by Crippen LogP contribution is 2.20. The smallest absolute Gasteiger partial charge is 0.314 e. The summed E-state index contributed by atoms with van der Waals surface area (Å²) in [6, 6.07) is 11.2. The molecule has 0 aromatic heterocycles. The van der Waals surface area contributed by atoms with Crippen LogP contribution in [-0.4, -0.2) is 16.9 Å². The number of benzene rings is 2. The number of hydrogen-bond acceptors (Lipinski definition) is 3. The van der Waals surface area contributed by atoms with Gasteiger partial charge in [-0.1, -0.05) is 15.9 Å². The Balaban J connectivity index is 2.02. The summed E-state index contributed by atoms with van der Waals surface area (Å²) >= 11 is 3.33. The molecular formula is C15H13BrN2O3. The molecule has 5 nitrogen and oxygen atoms in total. The maximum absolute atomic E-state index is 11.8. The molecule has 0 saturated heterocycles. The lowest BCUT2D eigenvalue weighted by Gasteiger charge is -2.09. The van der Waals surface area contributed by atoms with Gasteiger partial charge in [0.15, 0.2) is 0 Å². The molecule has 6 heteroatoms. The lowest BCUT2D eigenvalue weighted by Crippen LogP contribution is -2.29. The van der Waals surface area contributed by atoms with E-state index in [9.17, 15) is 9.59 Å². The molecule has 2 rings (SSSR count). The first-order valence-corrected chi connectivity index (χ1v) is 6.92. The molecule has 2 amide bonds. The fourth-order valence-corrected chi connectivity index (χ4v) is 2.15. The number of carbonyl (C=O) groups excluding carboxylic acids is 2. The van der Waals surface area contributed by atoms with Crippen LogP contribution in [0.25, 0.3) is 0 Å². The SMILES string of the molecule is Cc1cc(Br)ccc1NC(=O)C(=O)Nc1ccc(O)cc1. The van der Waals surface area contributed by atoms with Crippen LogP contribution < -0.4 is 10.6 Å². The zero-order valence-corrected chi connectivity index (χ0v) is 12.8. The first-order valence-electron chi connectivity index (χ1n) is 6.13. The molecule has 108 valence electrons. The monoisotopic (exact) mass is 348 g/mol. The van der Waals surface area contributed by atoms with Crippen LogP contribution in [0.1, 0.15) is 5.56 Å². The number of aryl methyl sites for hydroxylation is 1. The Bertz CT molecular complexity index is 684. The van der Waals surface area contributed by atoms with E-state index in [0.717, 1.165) is 10.0 Å². The number of rotatable bonds is 2. The summed E-state index contributed by atoms with van der Waals surface area (Å²) in [6.45, 7) is 1.83. The van der Waals surface area contributed by atoms with Crippen molar-refractivity contribution in [3.8, 4) is 5.75 Å². The fourth-order valence-electron chi connectivity index (χ4n) is 1.68. The van der Waals surface area contributed by atoms with Crippen molar-refractivity contribution in [2.45, 2.75) is 6.92 Å². The lowest BCUT2D eigenvalue weighted by molar-refractivity contribution is -0.133. The Hall–Kier alpha value is -2.34. The van der Waals surface area contributed by atoms with Crippen LogP contribution in [0.5, 0.6) is 5.75 Å². The minimum Gasteiger partial charge on any atom is -0.508 e. The Morgan fingerprint density at radius 2 is 1.62 bits per heavy atom. The summed E-state index contributed by atoms with van der Waals surface area (Å²) in [5.41, 5.74) is 1.85. The van der Waals surface area contributed by atoms with Gasteiger partial charge in [-0.05, 0) is 55.0 Å². The molecule has 0 heterocycles. The molecule has 0 radical (unpaired) electrons. The Labute approximate surface area is 130 Å². The summed E-state index contributed by atoms with van der Waals surface area (Å²) in [5.74, 6) is -1.44. The zero-order valence-electron chi connectivity index (χ0n) is 11.2. The predicted molar refractivity (Wildman–Crippen MR) is 84.2 cm³/mol. The first kappa shape index (κ1) is 15.1. The number of carbonyl (C=O) groups is 2. The largest absolute Gasteiger partial charge is 0.508 e. The van der Waals surface area contributed by atoms with Gasteiger partial charge in [-0.25, -0.2) is 0 Å². The van der Waals surface area contributed by atoms with Crippen molar-refractivity contribution in [2.75, 3.05) is 10.6 Å². The maximum Gasteiger partial charge on any atom is 0.314 e. The van der Waals surface area contributed by atoms with E-state index < -0.39 is 11.8 Å². The highest BCUT2D eigenvalue weighted by Gasteiger charge is 2.15. The van der Waals surface area contributed by atoms with Crippen LogP contribution >= 0.6 is 15.9 Å². The van der Waals surface area contributed by atoms with Crippen molar-refractivity contribution >= 4 is 39.1 Å². The Morgan fingerprint density at radius 3 is 2.24 bits per heavy atom. The zero-order chi connectivity index (χ0) is 15.4. The van der Waals surface area contributed by atoms with Gasteiger partial charge in [-0.15, -0.1) is 0 Å². The fraction of sp³-hybridized carbons (Fsp3) is 0.0667. The van der Waals surface area contributed by atoms with Gasteiger partial charge < -0.3 is 15.7 Å². The van der Waals surface area contributed by atoms with Gasteiger partial charge in [0, 0.05) is 15.8 Å². The Kier molecular flexibility index (Phi) is 4.59. The first-order chi connectivity index (χ1) is 9.95. The predicted octanol–water partition coefficient (Wildman–Crippen LogP) is 3.04. The molecule has 0 atom stereocenters. The summed E-state index contributed by atoms with van der Waals surface area (Å²) in [6.07, 6.45) is 0. The van der Waals surface area contributed by atoms with Crippen LogP contribution in [0.15, 0.2) is 46.9 Å². The molecule has 3 N–H and O–H groups in total. The van der Waals surface area contributed by atoms with E-state index >= 15 is 0 Å². The summed E-state index contributed by atoms with van der Waals surface area (Å²) in [7, 11) is 0. The van der Waals surface area contributed by atoms with E-state index in [2.05, 4.69) is 26.6 Å². The standard InChI is InChI=1S/C15H13BrN2O3/c1-9-8-10(16)2-7-13(9)18-15(21)14(20)17-11-3-5-12(19)6-4-11/h2-8,19H,1H3,(H,17,20)(H,18,21). The number of phenols is 1. The van der Waals surface area contributed by atoms with Crippen molar-refractivity contribution in [1.29, 1.82) is 0 Å². The number of anilines is 2. The summed E-state index contributed by atoms with van der Waals surface area (Å²) in [4.78, 5) is 23.6. The van der Waals surface area contributed by atoms with Gasteiger partial charge in [-0.3, -0.25) is 9.59 Å². The van der Waals surface area contributed by atoms with Crippen molar-refractivity contribution in [3.05, 3.63) is 52.5 Å². The number of nitrogens with one attached hydrogen (secondary N) is 2. The van der Waals surface area contributed by atoms with Crippen LogP contribution in [-0.2, 0) is 9.59 Å². The van der Waals surface area contributed by atoms with Gasteiger partial charge in [0.2, 0.25) is 0 Å². The van der Waals surface area contributed by atoms with Crippen LogP contribution in [0, 0.1) is 6.92 Å². The van der Waals surface area contributed by atoms with Gasteiger partial charge >= 0.3 is 11.8 Å². The molecule has 0 fully saturated rings. The van der Waals surface area contributed by atoms with Crippen molar-refractivity contribution < 1.29 is 14.7 Å². The molecule has 0 unspecified atom stereocenters. The molecule has 0 saturated carbocycles. The molecule has 0 aliphatic carbocycles. The molecule has 0 spiro atoms. The topological polar surface area (TPSA) is 78.4 Å². The second kappa shape index (κ2) is 6.41. The number of halogens is 1. The highest BCUT2D eigenvalue weighted by atomic mass is 79.9. The number of amides is 2. The Morgan fingerprint density at radius 1 is 1.00 bits per heavy atom. The van der Waals surface area contributed by atoms with Crippen molar-refractivity contribution in [1.82, 2.24) is 0 Å². The van der Waals surface area contributed by atoms with E-state index in [1.54, 1.807) is 12.1 Å². The van der Waals surface area contributed by atoms with E-state index in [0.29, 0.717) is 11.4 Å². The highest BCUT2D eigenvalue weighted by molar-refractivity contribution is 9.10. The number of hydrogen-bond donors (Lipinski definition) is 3. The van der Waals surface area contributed by atoms with Gasteiger partial charge in [-0.2, -0.15) is 0 Å². The van der Waals surface area contributed by atoms with Crippen LogP contribution in [0.2, 0.25) is 0 Å². The van der Waals surface area contributed by atoms with E-state index in [-0.39, 0.29) is 5.75 Å². The average Bonchev–Trinajstić information content (AvgIpc) is 2.44. The molecular weight excluding hydrogens is 336 g/mol. The molecule has 2 aromatic carbocycles. The lowest BCUT2D eigenvalue weighted by atomic mass is 10.2. The minimum absolute atomic E-state index is 0.0861. The third-order valence-electron chi connectivity index (χ3n) is 2.77. The van der Waals surface area contributed by atoms with E-state index in [4.69, 9.17) is 5.11 Å². The van der Waals surface area contributed by atoms with Crippen molar-refractivity contribution in [2.24, 2.45) is 0 Å². The molecule has 0 bridgehead atoms. The molecule has 0 aliphatic rings. The average molecular weight is 349 g/mol. The third-order valence-corrected chi connectivity index (χ3v) is 3.26. The second-order valence-electron chi connectivity index (χ2n) is 4.41. The van der Waals surface area contributed by atoms with Gasteiger partial charge in [0.05, 0.1) is 0 Å². The second-order valence-corrected chi connectivity index (χ2v) is 5.33. The summed E-state index contributed by atoms with van der Waals surface area (Å²) in [5, 5.41) is 14.1. The quantitative estimate of drug-likeness (QED) is 0.576. The normalized spacial score (nSPS) is 10.0. The van der Waals surface area contributed by atoms with Gasteiger partial charge in [0.25, 0.3) is 0 Å². The third kappa shape index (κ3) is 4.06. The molecule has 2 aromatic rings. The van der Waals surface area contributed by atoms with Crippen molar-refractivity contribution in [3.63, 3.8) is 0 Å². The number of aromatic hydroxyl groups is 1. The summed E-state index contributed by atoms with van der Waals surface area (Å²) < 4.78 is 0.895. The molecule has 0 aliphatic heterocycles.